The van der Waals surface area contributed by atoms with E-state index < -0.39 is 0 Å². The first-order valence-corrected chi connectivity index (χ1v) is 6.65. The molecule has 3 unspecified atom stereocenters. The molecule has 1 nitrogen and oxygen atoms in total. The second-order valence-electron chi connectivity index (χ2n) is 4.32. The Morgan fingerprint density at radius 3 is 2.87 bits per heavy atom. The third-order valence-electron chi connectivity index (χ3n) is 3.22. The van der Waals surface area contributed by atoms with E-state index in [4.69, 9.17) is 5.73 Å². The fraction of sp³-hybridized carbons (Fsp3) is 0.538. The summed E-state index contributed by atoms with van der Waals surface area (Å²) in [5.41, 5.74) is 9.08. The number of nitrogens with two attached hydrogens (primary N) is 1. The Balaban J connectivity index is 2.10. The smallest absolute Gasteiger partial charge is 0.0421 e. The van der Waals surface area contributed by atoms with Gasteiger partial charge < -0.3 is 5.73 Å². The van der Waals surface area contributed by atoms with Gasteiger partial charge in [0, 0.05) is 16.5 Å². The van der Waals surface area contributed by atoms with Gasteiger partial charge in [0.15, 0.2) is 0 Å². The molecular formula is C13H19NS. The molecule has 1 aromatic rings. The lowest BCUT2D eigenvalue weighted by molar-refractivity contribution is 0.724. The van der Waals surface area contributed by atoms with Crippen LogP contribution in [0.3, 0.4) is 0 Å². The van der Waals surface area contributed by atoms with Crippen molar-refractivity contribution < 1.29 is 0 Å². The van der Waals surface area contributed by atoms with Crippen molar-refractivity contribution in [3.63, 3.8) is 0 Å². The number of hydrogen-bond acceptors (Lipinski definition) is 2. The molecule has 0 fully saturated rings. The minimum Gasteiger partial charge on any atom is -0.323 e. The van der Waals surface area contributed by atoms with Crippen LogP contribution in [0.4, 0.5) is 0 Å². The maximum absolute atomic E-state index is 6.27. The van der Waals surface area contributed by atoms with Crippen molar-refractivity contribution in [1.29, 1.82) is 0 Å². The SMILES string of the molecule is CCC(C)SC1Cc2ccccc2C1N. The van der Waals surface area contributed by atoms with E-state index in [0.717, 1.165) is 11.7 Å². The van der Waals surface area contributed by atoms with Gasteiger partial charge >= 0.3 is 0 Å². The molecule has 0 saturated carbocycles. The summed E-state index contributed by atoms with van der Waals surface area (Å²) in [5.74, 6) is 0. The van der Waals surface area contributed by atoms with Crippen molar-refractivity contribution in [1.82, 2.24) is 0 Å². The summed E-state index contributed by atoms with van der Waals surface area (Å²) in [7, 11) is 0. The minimum atomic E-state index is 0.236. The van der Waals surface area contributed by atoms with Crippen LogP contribution in [0.15, 0.2) is 24.3 Å². The van der Waals surface area contributed by atoms with Gasteiger partial charge in [-0.25, -0.2) is 0 Å². The number of fused-ring (bicyclic) bond motifs is 1. The summed E-state index contributed by atoms with van der Waals surface area (Å²) in [6, 6.07) is 8.83. The Bertz CT molecular complexity index is 337. The van der Waals surface area contributed by atoms with Crippen LogP contribution >= 0.6 is 11.8 Å². The maximum Gasteiger partial charge on any atom is 0.0421 e. The molecular weight excluding hydrogens is 202 g/mol. The van der Waals surface area contributed by atoms with E-state index in [1.165, 1.54) is 17.5 Å². The van der Waals surface area contributed by atoms with Gasteiger partial charge in [-0.2, -0.15) is 11.8 Å². The third-order valence-corrected chi connectivity index (χ3v) is 4.83. The van der Waals surface area contributed by atoms with E-state index in [-0.39, 0.29) is 6.04 Å². The van der Waals surface area contributed by atoms with Crippen molar-refractivity contribution in [2.45, 2.75) is 43.2 Å². The van der Waals surface area contributed by atoms with Gasteiger partial charge in [-0.3, -0.25) is 0 Å². The van der Waals surface area contributed by atoms with Crippen LogP contribution in [-0.4, -0.2) is 10.5 Å². The fourth-order valence-corrected chi connectivity index (χ4v) is 3.50. The normalized spacial score (nSPS) is 26.3. The Hall–Kier alpha value is -0.470. The quantitative estimate of drug-likeness (QED) is 0.848. The summed E-state index contributed by atoms with van der Waals surface area (Å²) >= 11 is 2.05. The molecule has 0 bridgehead atoms. The number of benzene rings is 1. The number of thioether (sulfide) groups is 1. The highest BCUT2D eigenvalue weighted by atomic mass is 32.2. The maximum atomic E-state index is 6.27. The number of hydrogen-bond donors (Lipinski definition) is 1. The Morgan fingerprint density at radius 2 is 2.20 bits per heavy atom. The molecule has 0 radical (unpaired) electrons. The molecule has 2 heteroatoms. The summed E-state index contributed by atoms with van der Waals surface area (Å²) in [4.78, 5) is 0. The summed E-state index contributed by atoms with van der Waals surface area (Å²) in [6.07, 6.45) is 2.37. The predicted octanol–water partition coefficient (Wildman–Crippen LogP) is 3.14. The molecule has 82 valence electrons. The number of rotatable bonds is 3. The first kappa shape index (κ1) is 11.0. The van der Waals surface area contributed by atoms with Crippen molar-refractivity contribution >= 4 is 11.8 Å². The molecule has 2 rings (SSSR count). The molecule has 0 heterocycles. The van der Waals surface area contributed by atoms with Gasteiger partial charge in [-0.1, -0.05) is 38.1 Å². The van der Waals surface area contributed by atoms with Crippen molar-refractivity contribution in [3.8, 4) is 0 Å². The van der Waals surface area contributed by atoms with E-state index >= 15 is 0 Å². The zero-order valence-electron chi connectivity index (χ0n) is 9.44. The molecule has 0 aromatic heterocycles. The fourth-order valence-electron chi connectivity index (χ4n) is 2.12. The van der Waals surface area contributed by atoms with Gasteiger partial charge in [-0.05, 0) is 24.0 Å². The van der Waals surface area contributed by atoms with Crippen LogP contribution in [-0.2, 0) is 6.42 Å². The topological polar surface area (TPSA) is 26.0 Å². The van der Waals surface area contributed by atoms with Gasteiger partial charge in [-0.15, -0.1) is 0 Å². The highest BCUT2D eigenvalue weighted by Crippen LogP contribution is 2.38. The lowest BCUT2D eigenvalue weighted by Gasteiger charge is -2.19. The van der Waals surface area contributed by atoms with E-state index in [2.05, 4.69) is 38.1 Å². The van der Waals surface area contributed by atoms with E-state index in [1.54, 1.807) is 0 Å². The van der Waals surface area contributed by atoms with E-state index in [1.807, 2.05) is 11.8 Å². The first-order valence-electron chi connectivity index (χ1n) is 5.71. The molecule has 0 spiro atoms. The molecule has 1 aromatic carbocycles. The van der Waals surface area contributed by atoms with Crippen LogP contribution in [0, 0.1) is 0 Å². The Labute approximate surface area is 96.4 Å². The standard InChI is InChI=1S/C13H19NS/c1-3-9(2)15-12-8-10-6-4-5-7-11(10)13(12)14/h4-7,9,12-13H,3,8,14H2,1-2H3. The molecule has 15 heavy (non-hydrogen) atoms. The van der Waals surface area contributed by atoms with Gasteiger partial charge in [0.05, 0.1) is 0 Å². The second kappa shape index (κ2) is 4.58. The highest BCUT2D eigenvalue weighted by molar-refractivity contribution is 8.00. The molecule has 0 saturated heterocycles. The largest absolute Gasteiger partial charge is 0.323 e. The van der Waals surface area contributed by atoms with Crippen LogP contribution in [0.25, 0.3) is 0 Å². The van der Waals surface area contributed by atoms with Crippen LogP contribution < -0.4 is 5.73 Å². The average molecular weight is 221 g/mol. The monoisotopic (exact) mass is 221 g/mol. The minimum absolute atomic E-state index is 0.236. The molecule has 0 amide bonds. The van der Waals surface area contributed by atoms with Gasteiger partial charge in [0.1, 0.15) is 0 Å². The molecule has 1 aliphatic carbocycles. The lowest BCUT2D eigenvalue weighted by atomic mass is 10.1. The third kappa shape index (κ3) is 2.21. The van der Waals surface area contributed by atoms with Crippen molar-refractivity contribution in [2.24, 2.45) is 5.73 Å². The zero-order valence-corrected chi connectivity index (χ0v) is 10.3. The van der Waals surface area contributed by atoms with Crippen LogP contribution in [0.2, 0.25) is 0 Å². The summed E-state index contributed by atoms with van der Waals surface area (Å²) < 4.78 is 0. The van der Waals surface area contributed by atoms with E-state index in [0.29, 0.717) is 5.25 Å². The van der Waals surface area contributed by atoms with Crippen LogP contribution in [0.5, 0.6) is 0 Å². The summed E-state index contributed by atoms with van der Waals surface area (Å²) in [6.45, 7) is 4.53. The zero-order chi connectivity index (χ0) is 10.8. The average Bonchev–Trinajstić information content (AvgIpc) is 2.57. The highest BCUT2D eigenvalue weighted by Gasteiger charge is 2.30. The molecule has 0 aliphatic heterocycles. The van der Waals surface area contributed by atoms with Crippen molar-refractivity contribution in [3.05, 3.63) is 35.4 Å². The first-order chi connectivity index (χ1) is 7.22. The lowest BCUT2D eigenvalue weighted by Crippen LogP contribution is -2.21. The molecule has 1 aliphatic rings. The van der Waals surface area contributed by atoms with E-state index in [9.17, 15) is 0 Å². The second-order valence-corrected chi connectivity index (χ2v) is 6.00. The molecule has 3 atom stereocenters. The Kier molecular flexibility index (Phi) is 3.37. The summed E-state index contributed by atoms with van der Waals surface area (Å²) in [5, 5.41) is 1.30. The van der Waals surface area contributed by atoms with Gasteiger partial charge in [0.25, 0.3) is 0 Å². The Morgan fingerprint density at radius 1 is 1.47 bits per heavy atom. The van der Waals surface area contributed by atoms with Gasteiger partial charge in [0.2, 0.25) is 0 Å². The van der Waals surface area contributed by atoms with Crippen molar-refractivity contribution in [2.75, 3.05) is 0 Å². The predicted molar refractivity (Wildman–Crippen MR) is 68.2 cm³/mol. The molecule has 2 N–H and O–H groups in total. The van der Waals surface area contributed by atoms with Crippen LogP contribution in [0.1, 0.15) is 37.4 Å².